The Morgan fingerprint density at radius 1 is 1.27 bits per heavy atom. The smallest absolute Gasteiger partial charge is 0.240 e. The van der Waals surface area contributed by atoms with Crippen molar-refractivity contribution in [3.8, 4) is 0 Å². The van der Waals surface area contributed by atoms with Gasteiger partial charge in [0.1, 0.15) is 0 Å². The van der Waals surface area contributed by atoms with Gasteiger partial charge in [-0.1, -0.05) is 6.92 Å². The second-order valence-corrected chi connectivity index (χ2v) is 8.66. The molecule has 1 N–H and O–H groups in total. The van der Waals surface area contributed by atoms with Gasteiger partial charge in [-0.25, -0.2) is 13.1 Å². The van der Waals surface area contributed by atoms with E-state index in [9.17, 15) is 18.0 Å². The van der Waals surface area contributed by atoms with Crippen LogP contribution in [0.5, 0.6) is 0 Å². The lowest BCUT2D eigenvalue weighted by atomic mass is 9.96. The Bertz CT molecular complexity index is 822. The number of anilines is 1. The van der Waals surface area contributed by atoms with E-state index in [2.05, 4.69) is 4.72 Å². The maximum atomic E-state index is 13.0. The fraction of sp³-hybridized carbons (Fsp3) is 0.556. The Balaban J connectivity index is 1.78. The molecule has 1 aromatic carbocycles. The molecular weight excluding hydrogens is 354 g/mol. The molecule has 0 saturated carbocycles. The summed E-state index contributed by atoms with van der Waals surface area (Å²) in [6.45, 7) is 3.58. The quantitative estimate of drug-likeness (QED) is 0.850. The van der Waals surface area contributed by atoms with Crippen LogP contribution in [0, 0.1) is 5.92 Å². The molecule has 1 saturated heterocycles. The average molecular weight is 379 g/mol. The van der Waals surface area contributed by atoms with Crippen LogP contribution >= 0.6 is 0 Å². The molecular formula is C18H25N3O4S. The zero-order valence-electron chi connectivity index (χ0n) is 15.2. The van der Waals surface area contributed by atoms with Crippen molar-refractivity contribution >= 4 is 27.5 Å². The van der Waals surface area contributed by atoms with Gasteiger partial charge in [-0.2, -0.15) is 0 Å². The summed E-state index contributed by atoms with van der Waals surface area (Å²) in [5, 5.41) is 0. The van der Waals surface area contributed by atoms with Gasteiger partial charge in [-0.15, -0.1) is 0 Å². The first kappa shape index (κ1) is 18.8. The minimum atomic E-state index is -3.50. The molecule has 0 bridgehead atoms. The summed E-state index contributed by atoms with van der Waals surface area (Å²) < 4.78 is 26.2. The number of amides is 2. The second-order valence-electron chi connectivity index (χ2n) is 6.77. The van der Waals surface area contributed by atoms with Gasteiger partial charge in [-0.05, 0) is 50.1 Å². The van der Waals surface area contributed by atoms with Crippen LogP contribution in [-0.4, -0.2) is 51.8 Å². The van der Waals surface area contributed by atoms with Crippen molar-refractivity contribution in [3.05, 3.63) is 23.8 Å². The lowest BCUT2D eigenvalue weighted by Crippen LogP contribution is -2.46. The Labute approximate surface area is 154 Å². The molecule has 2 aliphatic heterocycles. The number of nitrogens with one attached hydrogen (secondary N) is 1. The van der Waals surface area contributed by atoms with Crippen LogP contribution < -0.4 is 9.62 Å². The zero-order valence-corrected chi connectivity index (χ0v) is 16.0. The third-order valence-corrected chi connectivity index (χ3v) is 6.63. The van der Waals surface area contributed by atoms with Gasteiger partial charge < -0.3 is 9.80 Å². The highest BCUT2D eigenvalue weighted by molar-refractivity contribution is 7.89. The largest absolute Gasteiger partial charge is 0.342 e. The molecule has 2 amide bonds. The molecule has 142 valence electrons. The molecule has 1 fully saturated rings. The van der Waals surface area contributed by atoms with Crippen molar-refractivity contribution in [2.75, 3.05) is 31.6 Å². The number of sulfonamides is 1. The van der Waals surface area contributed by atoms with Crippen molar-refractivity contribution in [2.24, 2.45) is 5.92 Å². The Kier molecular flexibility index (Phi) is 5.34. The molecule has 26 heavy (non-hydrogen) atoms. The van der Waals surface area contributed by atoms with E-state index in [4.69, 9.17) is 0 Å². The number of carbonyl (C=O) groups excluding carboxylic acids is 2. The van der Waals surface area contributed by atoms with Gasteiger partial charge in [0.05, 0.1) is 10.8 Å². The minimum Gasteiger partial charge on any atom is -0.342 e. The van der Waals surface area contributed by atoms with Crippen LogP contribution in [0.1, 0.15) is 31.7 Å². The topological polar surface area (TPSA) is 86.8 Å². The summed E-state index contributed by atoms with van der Waals surface area (Å²) in [5.41, 5.74) is 1.65. The van der Waals surface area contributed by atoms with E-state index in [-0.39, 0.29) is 22.6 Å². The van der Waals surface area contributed by atoms with Crippen molar-refractivity contribution in [3.63, 3.8) is 0 Å². The highest BCUT2D eigenvalue weighted by Gasteiger charge is 2.34. The van der Waals surface area contributed by atoms with Crippen molar-refractivity contribution in [2.45, 2.75) is 37.5 Å². The lowest BCUT2D eigenvalue weighted by Gasteiger charge is -2.34. The van der Waals surface area contributed by atoms with Gasteiger partial charge in [0.15, 0.2) is 0 Å². The Morgan fingerprint density at radius 2 is 2.04 bits per heavy atom. The monoisotopic (exact) mass is 379 g/mol. The van der Waals surface area contributed by atoms with Crippen LogP contribution in [0.3, 0.4) is 0 Å². The first-order valence-electron chi connectivity index (χ1n) is 9.03. The van der Waals surface area contributed by atoms with E-state index in [0.29, 0.717) is 25.9 Å². The molecule has 2 aliphatic rings. The Morgan fingerprint density at radius 3 is 2.73 bits per heavy atom. The number of likely N-dealkylation sites (tertiary alicyclic amines) is 1. The predicted molar refractivity (Wildman–Crippen MR) is 98.3 cm³/mol. The SMILES string of the molecule is CCC(=O)N1CCCC(C(=O)N2CCc3cc(S(=O)(=O)NC)ccc32)C1. The number of rotatable bonds is 4. The van der Waals surface area contributed by atoms with Crippen LogP contribution in [0.25, 0.3) is 0 Å². The average Bonchev–Trinajstić information content (AvgIpc) is 3.10. The third kappa shape index (κ3) is 3.48. The van der Waals surface area contributed by atoms with E-state index in [0.717, 1.165) is 30.6 Å². The Hall–Kier alpha value is -1.93. The first-order valence-corrected chi connectivity index (χ1v) is 10.5. The number of hydrogen-bond acceptors (Lipinski definition) is 4. The molecule has 0 spiro atoms. The lowest BCUT2D eigenvalue weighted by molar-refractivity contribution is -0.134. The number of carbonyl (C=O) groups is 2. The van der Waals surface area contributed by atoms with Crippen LogP contribution in [0.2, 0.25) is 0 Å². The molecule has 8 heteroatoms. The minimum absolute atomic E-state index is 0.0292. The molecule has 3 rings (SSSR count). The van der Waals surface area contributed by atoms with Crippen molar-refractivity contribution in [1.29, 1.82) is 0 Å². The maximum Gasteiger partial charge on any atom is 0.240 e. The molecule has 1 atom stereocenters. The summed E-state index contributed by atoms with van der Waals surface area (Å²) in [7, 11) is -2.12. The van der Waals surface area contributed by atoms with E-state index >= 15 is 0 Å². The maximum absolute atomic E-state index is 13.0. The van der Waals surface area contributed by atoms with Crippen LogP contribution in [0.15, 0.2) is 23.1 Å². The number of benzene rings is 1. The third-order valence-electron chi connectivity index (χ3n) is 5.22. The molecule has 0 aliphatic carbocycles. The molecule has 1 aromatic rings. The number of piperidine rings is 1. The highest BCUT2D eigenvalue weighted by atomic mass is 32.2. The normalized spacial score (nSPS) is 20.2. The summed E-state index contributed by atoms with van der Waals surface area (Å²) in [6.07, 6.45) is 2.71. The number of nitrogens with zero attached hydrogens (tertiary/aromatic N) is 2. The summed E-state index contributed by atoms with van der Waals surface area (Å²) >= 11 is 0. The standard InChI is InChI=1S/C18H25N3O4S/c1-3-17(22)20-9-4-5-14(12-20)18(23)21-10-8-13-11-15(6-7-16(13)21)26(24,25)19-2/h6-7,11,14,19H,3-5,8-10,12H2,1-2H3. The highest BCUT2D eigenvalue weighted by Crippen LogP contribution is 2.32. The molecule has 0 radical (unpaired) electrons. The van der Waals surface area contributed by atoms with Gasteiger partial charge >= 0.3 is 0 Å². The number of fused-ring (bicyclic) bond motifs is 1. The van der Waals surface area contributed by atoms with E-state index in [1.165, 1.54) is 13.1 Å². The molecule has 0 aromatic heterocycles. The van der Waals surface area contributed by atoms with Gasteiger partial charge in [0.2, 0.25) is 21.8 Å². The van der Waals surface area contributed by atoms with Crippen molar-refractivity contribution < 1.29 is 18.0 Å². The van der Waals surface area contributed by atoms with Gasteiger partial charge in [0, 0.05) is 31.7 Å². The summed E-state index contributed by atoms with van der Waals surface area (Å²) in [5.74, 6) is -0.0706. The van der Waals surface area contributed by atoms with E-state index in [1.807, 2.05) is 6.92 Å². The second kappa shape index (κ2) is 7.36. The fourth-order valence-electron chi connectivity index (χ4n) is 3.74. The predicted octanol–water partition coefficient (Wildman–Crippen LogP) is 1.13. The first-order chi connectivity index (χ1) is 12.4. The van der Waals surface area contributed by atoms with Gasteiger partial charge in [-0.3, -0.25) is 9.59 Å². The van der Waals surface area contributed by atoms with Crippen LogP contribution in [-0.2, 0) is 26.0 Å². The fourth-order valence-corrected chi connectivity index (χ4v) is 4.52. The molecule has 2 heterocycles. The van der Waals surface area contributed by atoms with E-state index in [1.54, 1.807) is 21.9 Å². The zero-order chi connectivity index (χ0) is 18.9. The van der Waals surface area contributed by atoms with E-state index < -0.39 is 10.0 Å². The molecule has 7 nitrogen and oxygen atoms in total. The summed E-state index contributed by atoms with van der Waals surface area (Å²) in [6, 6.07) is 4.88. The van der Waals surface area contributed by atoms with Gasteiger partial charge in [0.25, 0.3) is 0 Å². The number of hydrogen-bond donors (Lipinski definition) is 1. The molecule has 1 unspecified atom stereocenters. The van der Waals surface area contributed by atoms with Crippen molar-refractivity contribution in [1.82, 2.24) is 9.62 Å². The summed E-state index contributed by atoms with van der Waals surface area (Å²) in [4.78, 5) is 28.7. The van der Waals surface area contributed by atoms with Crippen LogP contribution in [0.4, 0.5) is 5.69 Å².